The molecule has 0 amide bonds. The van der Waals surface area contributed by atoms with Gasteiger partial charge in [-0.2, -0.15) is 0 Å². The monoisotopic (exact) mass is 530 g/mol. The van der Waals surface area contributed by atoms with E-state index in [0.29, 0.717) is 0 Å². The Labute approximate surface area is 214 Å². The van der Waals surface area contributed by atoms with Crippen LogP contribution in [0.5, 0.6) is 0 Å². The Bertz CT molecular complexity index is 903. The summed E-state index contributed by atoms with van der Waals surface area (Å²) in [5.41, 5.74) is 0.138. The van der Waals surface area contributed by atoms with Gasteiger partial charge in [-0.15, -0.1) is 0 Å². The summed E-state index contributed by atoms with van der Waals surface area (Å²) in [5, 5.41) is 0. The van der Waals surface area contributed by atoms with E-state index in [9.17, 15) is 19.2 Å². The third-order valence-corrected chi connectivity index (χ3v) is 5.73. The lowest BCUT2D eigenvalue weighted by molar-refractivity contribution is -0.247. The van der Waals surface area contributed by atoms with Crippen LogP contribution in [0.3, 0.4) is 0 Å². The molecule has 0 bridgehead atoms. The van der Waals surface area contributed by atoms with Gasteiger partial charge in [0.1, 0.15) is 31.0 Å². The topological polar surface area (TPSA) is 151 Å². The zero-order valence-electron chi connectivity index (χ0n) is 21.6. The first-order valence-corrected chi connectivity index (χ1v) is 12.0. The molecule has 2 unspecified atom stereocenters. The fourth-order valence-corrected chi connectivity index (χ4v) is 4.25. The summed E-state index contributed by atoms with van der Waals surface area (Å²) in [6.07, 6.45) is -4.77. The van der Waals surface area contributed by atoms with Crippen molar-refractivity contribution in [2.75, 3.05) is 26.4 Å². The second-order valence-electron chi connectivity index (χ2n) is 9.18. The maximum absolute atomic E-state index is 12.2. The molecule has 0 N–H and O–H groups in total. The lowest BCUT2D eigenvalue weighted by Gasteiger charge is -2.36. The number of carbonyl (C=O) groups is 4. The summed E-state index contributed by atoms with van der Waals surface area (Å²) in [5.74, 6) is -5.36. The van der Waals surface area contributed by atoms with Crippen LogP contribution in [0.1, 0.15) is 47.5 Å². The first-order valence-electron chi connectivity index (χ1n) is 12.0. The van der Waals surface area contributed by atoms with Gasteiger partial charge >= 0.3 is 23.9 Å². The first-order chi connectivity index (χ1) is 17.4. The molecular weight excluding hydrogens is 496 g/mol. The molecule has 208 valence electrons. The fraction of sp³-hybridized carbons (Fsp3) is 0.750. The molecule has 0 aromatic heterocycles. The molecule has 3 rings (SSSR count). The Morgan fingerprint density at radius 3 is 1.86 bits per heavy atom. The number of hydrogen-bond acceptors (Lipinski definition) is 13. The van der Waals surface area contributed by atoms with Crippen LogP contribution in [0, 0.1) is 0 Å². The van der Waals surface area contributed by atoms with Crippen molar-refractivity contribution in [3.05, 3.63) is 12.2 Å². The summed E-state index contributed by atoms with van der Waals surface area (Å²) in [6.45, 7) is 10.9. The molecule has 3 aliphatic rings. The fourth-order valence-electron chi connectivity index (χ4n) is 4.25. The molecule has 13 nitrogen and oxygen atoms in total. The number of carbonyl (C=O) groups excluding carboxylic acids is 4. The van der Waals surface area contributed by atoms with E-state index in [4.69, 9.17) is 42.6 Å². The van der Waals surface area contributed by atoms with Crippen LogP contribution in [-0.4, -0.2) is 92.6 Å². The maximum Gasteiger partial charge on any atom is 0.344 e. The molecule has 3 fully saturated rings. The van der Waals surface area contributed by atoms with Crippen molar-refractivity contribution in [1.82, 2.24) is 0 Å². The normalized spacial score (nSPS) is 34.1. The summed E-state index contributed by atoms with van der Waals surface area (Å²) in [4.78, 5) is 47.9. The van der Waals surface area contributed by atoms with Gasteiger partial charge in [0.15, 0.2) is 24.5 Å². The summed E-state index contributed by atoms with van der Waals surface area (Å²) in [7, 11) is 0. The molecule has 0 aromatic rings. The van der Waals surface area contributed by atoms with Crippen molar-refractivity contribution in [1.29, 1.82) is 0 Å². The number of ether oxygens (including phenoxy) is 9. The van der Waals surface area contributed by atoms with Gasteiger partial charge < -0.3 is 42.6 Å². The minimum atomic E-state index is -1.39. The van der Waals surface area contributed by atoms with Crippen molar-refractivity contribution in [2.45, 2.75) is 89.7 Å². The Hall–Kier alpha value is -2.58. The highest BCUT2D eigenvalue weighted by Crippen LogP contribution is 2.46. The third-order valence-electron chi connectivity index (χ3n) is 5.73. The standard InChI is InChI=1S/C24H34O13/c1-7-29-15(25)9-23(5)34-18-14(11-31-17(27)12-32-21(28)13(3)4)33-22-20(19(18)35-23)36-24(6,37-22)10-16(26)30-8-2/h14,18-20,22H,3,7-12H2,1-2,4-6H3/t14-,18+,19+,20-,22+,23?,24?/m1/s1. The predicted octanol–water partition coefficient (Wildman–Crippen LogP) is 0.912. The molecule has 0 spiro atoms. The highest BCUT2D eigenvalue weighted by atomic mass is 16.9. The van der Waals surface area contributed by atoms with E-state index in [1.165, 1.54) is 6.92 Å². The molecule has 0 aliphatic carbocycles. The second-order valence-corrected chi connectivity index (χ2v) is 9.18. The van der Waals surface area contributed by atoms with Crippen LogP contribution in [0.2, 0.25) is 0 Å². The van der Waals surface area contributed by atoms with Crippen LogP contribution >= 0.6 is 0 Å². The van der Waals surface area contributed by atoms with Crippen LogP contribution < -0.4 is 0 Å². The summed E-state index contributed by atoms with van der Waals surface area (Å²) >= 11 is 0. The molecule has 13 heteroatoms. The largest absolute Gasteiger partial charge is 0.466 e. The van der Waals surface area contributed by atoms with Crippen LogP contribution in [0.25, 0.3) is 0 Å². The number of esters is 4. The van der Waals surface area contributed by atoms with Crippen molar-refractivity contribution in [3.8, 4) is 0 Å². The van der Waals surface area contributed by atoms with E-state index in [0.717, 1.165) is 0 Å². The van der Waals surface area contributed by atoms with E-state index < -0.39 is 72.8 Å². The van der Waals surface area contributed by atoms with Crippen molar-refractivity contribution in [2.24, 2.45) is 0 Å². The van der Waals surface area contributed by atoms with Crippen molar-refractivity contribution in [3.63, 3.8) is 0 Å². The van der Waals surface area contributed by atoms with Gasteiger partial charge in [-0.1, -0.05) is 6.58 Å². The average molecular weight is 531 g/mol. The van der Waals surface area contributed by atoms with Crippen LogP contribution in [0.4, 0.5) is 0 Å². The first kappa shape index (κ1) is 29.0. The minimum Gasteiger partial charge on any atom is -0.466 e. The summed E-state index contributed by atoms with van der Waals surface area (Å²) < 4.78 is 50.2. The van der Waals surface area contributed by atoms with E-state index >= 15 is 0 Å². The Kier molecular flexibility index (Phi) is 9.29. The van der Waals surface area contributed by atoms with Gasteiger partial charge in [-0.05, 0) is 34.6 Å². The molecular formula is C24H34O13. The minimum absolute atomic E-state index is 0.138. The zero-order chi connectivity index (χ0) is 27.4. The van der Waals surface area contributed by atoms with Crippen LogP contribution in [0.15, 0.2) is 12.2 Å². The second kappa shape index (κ2) is 11.9. The third kappa shape index (κ3) is 7.26. The smallest absolute Gasteiger partial charge is 0.344 e. The van der Waals surface area contributed by atoms with E-state index in [2.05, 4.69) is 6.58 Å². The molecule has 3 heterocycles. The summed E-state index contributed by atoms with van der Waals surface area (Å²) in [6, 6.07) is 0. The lowest BCUT2D eigenvalue weighted by atomic mass is 9.99. The molecule has 7 atom stereocenters. The molecule has 3 saturated heterocycles. The van der Waals surface area contributed by atoms with Gasteiger partial charge in [0.25, 0.3) is 0 Å². The predicted molar refractivity (Wildman–Crippen MR) is 120 cm³/mol. The Balaban J connectivity index is 1.72. The number of rotatable bonds is 11. The van der Waals surface area contributed by atoms with E-state index in [-0.39, 0.29) is 38.2 Å². The Morgan fingerprint density at radius 2 is 1.30 bits per heavy atom. The van der Waals surface area contributed by atoms with Crippen molar-refractivity contribution >= 4 is 23.9 Å². The van der Waals surface area contributed by atoms with Gasteiger partial charge in [0.2, 0.25) is 0 Å². The molecule has 0 saturated carbocycles. The van der Waals surface area contributed by atoms with Gasteiger partial charge in [0, 0.05) is 5.57 Å². The van der Waals surface area contributed by atoms with Crippen LogP contribution in [-0.2, 0) is 61.8 Å². The van der Waals surface area contributed by atoms with Gasteiger partial charge in [-0.25, -0.2) is 9.59 Å². The van der Waals surface area contributed by atoms with Gasteiger partial charge in [-0.3, -0.25) is 9.59 Å². The highest BCUT2D eigenvalue weighted by Gasteiger charge is 2.63. The molecule has 0 aromatic carbocycles. The molecule has 37 heavy (non-hydrogen) atoms. The van der Waals surface area contributed by atoms with Crippen molar-refractivity contribution < 1.29 is 61.8 Å². The average Bonchev–Trinajstić information content (AvgIpc) is 3.31. The number of hydrogen-bond donors (Lipinski definition) is 0. The highest BCUT2D eigenvalue weighted by molar-refractivity contribution is 5.88. The molecule has 0 radical (unpaired) electrons. The number of fused-ring (bicyclic) bond motifs is 3. The SMILES string of the molecule is C=C(C)C(=O)OCC(=O)OC[C@H]1O[C@H]2OC(C)(CC(=O)OCC)O[C@@H]2[C@H]2OC(C)(CC(=O)OCC)O[C@H]21. The lowest BCUT2D eigenvalue weighted by Crippen LogP contribution is -2.56. The van der Waals surface area contributed by atoms with E-state index in [1.807, 2.05) is 0 Å². The molecule has 3 aliphatic heterocycles. The van der Waals surface area contributed by atoms with E-state index in [1.54, 1.807) is 27.7 Å². The quantitative estimate of drug-likeness (QED) is 0.212. The van der Waals surface area contributed by atoms with Gasteiger partial charge in [0.05, 0.1) is 26.1 Å². The zero-order valence-corrected chi connectivity index (χ0v) is 21.6. The maximum atomic E-state index is 12.2. The Morgan fingerprint density at radius 1 is 0.757 bits per heavy atom.